The summed E-state index contributed by atoms with van der Waals surface area (Å²) in [7, 11) is 2.99. The molecule has 0 radical (unpaired) electrons. The van der Waals surface area contributed by atoms with Crippen molar-refractivity contribution in [2.45, 2.75) is 112 Å². The van der Waals surface area contributed by atoms with Crippen molar-refractivity contribution in [3.05, 3.63) is 0 Å². The molecule has 4 aliphatic heterocycles. The van der Waals surface area contributed by atoms with Crippen molar-refractivity contribution in [2.24, 2.45) is 35.5 Å². The molecule has 3 saturated carbocycles. The summed E-state index contributed by atoms with van der Waals surface area (Å²) in [5, 5.41) is 45.8. The number of alkyl halides is 2. The number of aliphatic hydroxyl groups is 4. The van der Waals surface area contributed by atoms with E-state index < -0.39 is 96.4 Å². The molecule has 1 amide bonds. The Morgan fingerprint density at radius 2 is 1.56 bits per heavy atom. The zero-order valence-corrected chi connectivity index (χ0v) is 26.9. The average molecular weight is 694 g/mol. The quantitative estimate of drug-likeness (QED) is 0.205. The number of carbonyl (C=O) groups excluding carboxylic acids is 2. The highest BCUT2D eigenvalue weighted by Crippen LogP contribution is 2.57. The lowest BCUT2D eigenvalue weighted by Crippen LogP contribution is -2.76. The molecule has 7 unspecified atom stereocenters. The van der Waals surface area contributed by atoms with E-state index in [0.717, 1.165) is 0 Å². The van der Waals surface area contributed by atoms with E-state index in [1.54, 1.807) is 0 Å². The monoisotopic (exact) mass is 693 g/mol. The number of methoxy groups -OCH3 is 2. The van der Waals surface area contributed by atoms with Crippen LogP contribution in [0.25, 0.3) is 0 Å². The lowest BCUT2D eigenvalue weighted by molar-refractivity contribution is -0.425. The second-order valence-electron chi connectivity index (χ2n) is 14.4. The molecule has 17 heteroatoms. The Labute approximate surface area is 275 Å². The van der Waals surface area contributed by atoms with Gasteiger partial charge < -0.3 is 63.6 Å². The number of fused-ring (bicyclic) bond motifs is 4. The normalized spacial score (nSPS) is 52.0. The minimum atomic E-state index is -4.78. The second-order valence-corrected chi connectivity index (χ2v) is 14.4. The first-order chi connectivity index (χ1) is 22.8. The van der Waals surface area contributed by atoms with Crippen molar-refractivity contribution >= 4 is 11.9 Å². The summed E-state index contributed by atoms with van der Waals surface area (Å²) in [5.41, 5.74) is 0. The summed E-state index contributed by atoms with van der Waals surface area (Å²) in [6, 6.07) is -1.03. The predicted octanol–water partition coefficient (Wildman–Crippen LogP) is -1.34. The third-order valence-electron chi connectivity index (χ3n) is 12.1. The van der Waals surface area contributed by atoms with Crippen LogP contribution in [0.15, 0.2) is 0 Å². The smallest absolute Gasteiger partial charge is 0.379 e. The Morgan fingerprint density at radius 1 is 0.917 bits per heavy atom. The van der Waals surface area contributed by atoms with Gasteiger partial charge in [-0.05, 0) is 56.3 Å². The molecular formula is C31H45F2NO14. The molecule has 0 spiro atoms. The zero-order chi connectivity index (χ0) is 34.3. The number of halogens is 2. The molecule has 0 aromatic heterocycles. The van der Waals surface area contributed by atoms with Crippen molar-refractivity contribution in [2.75, 3.05) is 34.2 Å². The summed E-state index contributed by atoms with van der Waals surface area (Å²) in [5.74, 6) is -13.9. The van der Waals surface area contributed by atoms with Gasteiger partial charge >= 0.3 is 11.9 Å². The molecule has 5 N–H and O–H groups in total. The van der Waals surface area contributed by atoms with E-state index >= 15 is 8.78 Å². The van der Waals surface area contributed by atoms with Crippen LogP contribution >= 0.6 is 0 Å². The topological polar surface area (TPSA) is 201 Å². The van der Waals surface area contributed by atoms with E-state index in [0.29, 0.717) is 25.7 Å². The second kappa shape index (κ2) is 12.8. The number of hydrogen-bond acceptors (Lipinski definition) is 14. The maximum Gasteiger partial charge on any atom is 0.379 e. The molecule has 0 bridgehead atoms. The van der Waals surface area contributed by atoms with Gasteiger partial charge in [-0.2, -0.15) is 8.78 Å². The molecule has 0 aromatic carbocycles. The number of aliphatic hydroxyl groups excluding tert-OH is 3. The molecule has 0 aromatic rings. The van der Waals surface area contributed by atoms with Crippen LogP contribution in [0, 0.1) is 35.5 Å². The number of rotatable bonds is 6. The van der Waals surface area contributed by atoms with Crippen molar-refractivity contribution in [3.63, 3.8) is 0 Å². The summed E-state index contributed by atoms with van der Waals surface area (Å²) in [4.78, 5) is 27.2. The van der Waals surface area contributed by atoms with Crippen molar-refractivity contribution < 1.29 is 76.7 Å². The van der Waals surface area contributed by atoms with Crippen LogP contribution < -0.4 is 5.32 Å². The summed E-state index contributed by atoms with van der Waals surface area (Å²) >= 11 is 0. The van der Waals surface area contributed by atoms with E-state index in [4.69, 9.17) is 37.9 Å². The zero-order valence-electron chi connectivity index (χ0n) is 26.9. The molecule has 48 heavy (non-hydrogen) atoms. The first kappa shape index (κ1) is 34.8. The highest BCUT2D eigenvalue weighted by atomic mass is 19.3. The predicted molar refractivity (Wildman–Crippen MR) is 152 cm³/mol. The van der Waals surface area contributed by atoms with Gasteiger partial charge in [0.1, 0.15) is 37.3 Å². The first-order valence-electron chi connectivity index (χ1n) is 16.7. The maximum absolute atomic E-state index is 16.2. The number of hydrogen-bond donors (Lipinski definition) is 5. The van der Waals surface area contributed by atoms with Crippen LogP contribution in [0.2, 0.25) is 0 Å². The van der Waals surface area contributed by atoms with Crippen molar-refractivity contribution in [1.29, 1.82) is 0 Å². The molecular weight excluding hydrogens is 648 g/mol. The summed E-state index contributed by atoms with van der Waals surface area (Å²) in [6.07, 6.45) is -9.30. The van der Waals surface area contributed by atoms with Crippen LogP contribution in [-0.4, -0.2) is 146 Å². The van der Waals surface area contributed by atoms with Gasteiger partial charge in [0.25, 0.3) is 11.7 Å². The van der Waals surface area contributed by atoms with Crippen LogP contribution in [0.4, 0.5) is 8.78 Å². The number of carbonyl (C=O) groups is 2. The molecule has 7 rings (SSSR count). The van der Waals surface area contributed by atoms with E-state index in [2.05, 4.69) is 5.32 Å². The Hall–Kier alpha value is -1.64. The highest BCUT2D eigenvalue weighted by Gasteiger charge is 2.71. The molecule has 272 valence electrons. The minimum absolute atomic E-state index is 0.0511. The Bertz CT molecular complexity index is 1220. The van der Waals surface area contributed by atoms with Gasteiger partial charge in [-0.15, -0.1) is 0 Å². The molecule has 4 heterocycles. The standard InChI is InChI=1S/C31H45F2NO14/c1-11-43-9-20-26(47-11)25(36)27(37)31(40,48-20)30(32,33)29(39)34-23-14-7-17-16(45-10-46-17)6-13(14)21(22-15(23)8-44-28(22)38)12-4-18(41-2)24(35)19(5-12)42-3/h11-27,35-37,40H,4-10H2,1-3H3,(H,34,39)/t11?,12?,13?,14?,15-,16?,17?,18?,19?,20+,21+,22-,23+,24?,25-,26-,27+,31+/m0/s1. The molecule has 15 nitrogen and oxygen atoms in total. The van der Waals surface area contributed by atoms with Crippen molar-refractivity contribution in [3.8, 4) is 0 Å². The minimum Gasteiger partial charge on any atom is -0.465 e. The van der Waals surface area contributed by atoms with Crippen LogP contribution in [-0.2, 0) is 47.5 Å². The number of amides is 1. The van der Waals surface area contributed by atoms with Gasteiger partial charge in [0.05, 0.1) is 43.5 Å². The van der Waals surface area contributed by atoms with Gasteiger partial charge in [-0.25, -0.2) is 0 Å². The van der Waals surface area contributed by atoms with E-state index in [1.807, 2.05) is 0 Å². The first-order valence-corrected chi connectivity index (χ1v) is 16.7. The maximum atomic E-state index is 16.2. The van der Waals surface area contributed by atoms with Gasteiger partial charge in [0.2, 0.25) is 0 Å². The van der Waals surface area contributed by atoms with E-state index in [9.17, 15) is 30.0 Å². The Balaban J connectivity index is 1.19. The van der Waals surface area contributed by atoms with Gasteiger partial charge in [0, 0.05) is 26.2 Å². The van der Waals surface area contributed by atoms with Crippen molar-refractivity contribution in [1.82, 2.24) is 5.32 Å². The van der Waals surface area contributed by atoms with Gasteiger partial charge in [-0.3, -0.25) is 9.59 Å². The number of esters is 1. The Morgan fingerprint density at radius 3 is 2.21 bits per heavy atom. The van der Waals surface area contributed by atoms with E-state index in [-0.39, 0.29) is 50.0 Å². The molecule has 7 fully saturated rings. The third-order valence-corrected chi connectivity index (χ3v) is 12.1. The lowest BCUT2D eigenvalue weighted by atomic mass is 9.51. The third kappa shape index (κ3) is 5.39. The average Bonchev–Trinajstić information content (AvgIpc) is 3.69. The fraction of sp³-hybridized carbons (Fsp3) is 0.935. The lowest BCUT2D eigenvalue weighted by Gasteiger charge is -2.56. The fourth-order valence-electron chi connectivity index (χ4n) is 9.82. The molecule has 7 aliphatic rings. The van der Waals surface area contributed by atoms with Crippen LogP contribution in [0.3, 0.4) is 0 Å². The van der Waals surface area contributed by atoms with E-state index in [1.165, 1.54) is 21.1 Å². The molecule has 4 saturated heterocycles. The number of nitrogens with one attached hydrogen (secondary N) is 1. The van der Waals surface area contributed by atoms with Crippen LogP contribution in [0.1, 0.15) is 32.6 Å². The highest BCUT2D eigenvalue weighted by molar-refractivity contribution is 5.85. The SMILES string of the molecule is COC1CC([C@@H]2C3CC4OCOC4CC3[C@@H](NC(=O)C(F)(F)[C@]3(O)O[C@@H]4COC(C)O[C@@H]4[C@H](O)[C@H]3O)[C@H]3COC(=O)[C@H]23)CC(OC)C1O. The summed E-state index contributed by atoms with van der Waals surface area (Å²) < 4.78 is 76.7. The summed E-state index contributed by atoms with van der Waals surface area (Å²) in [6.45, 7) is 1.07. The fourth-order valence-corrected chi connectivity index (χ4v) is 9.82. The van der Waals surface area contributed by atoms with Gasteiger partial charge in [0.15, 0.2) is 6.29 Å². The Kier molecular flexibility index (Phi) is 9.31. The van der Waals surface area contributed by atoms with Crippen LogP contribution in [0.5, 0.6) is 0 Å². The van der Waals surface area contributed by atoms with Gasteiger partial charge in [-0.1, -0.05) is 0 Å². The number of cyclic esters (lactones) is 1. The molecule has 16 atom stereocenters. The number of ether oxygens (including phenoxy) is 8. The molecule has 3 aliphatic carbocycles. The largest absolute Gasteiger partial charge is 0.465 e.